The number of hydrogen-bond acceptors (Lipinski definition) is 3. The summed E-state index contributed by atoms with van der Waals surface area (Å²) in [6.07, 6.45) is 4.62. The van der Waals surface area contributed by atoms with E-state index < -0.39 is 0 Å². The van der Waals surface area contributed by atoms with E-state index in [-0.39, 0.29) is 11.8 Å². The fourth-order valence-electron chi connectivity index (χ4n) is 2.89. The molecule has 5 heteroatoms. The first kappa shape index (κ1) is 17.3. The minimum atomic E-state index is -0.0125. The molecule has 0 aliphatic carbocycles. The Morgan fingerprint density at radius 2 is 1.87 bits per heavy atom. The van der Waals surface area contributed by atoms with Crippen molar-refractivity contribution in [2.75, 3.05) is 37.4 Å². The molecule has 1 fully saturated rings. The van der Waals surface area contributed by atoms with Crippen molar-refractivity contribution in [3.8, 4) is 0 Å². The molecule has 0 aromatic heterocycles. The summed E-state index contributed by atoms with van der Waals surface area (Å²) in [6, 6.07) is 5.56. The summed E-state index contributed by atoms with van der Waals surface area (Å²) in [5.74, 6) is 0.0430. The molecular weight excluding hydrogens is 290 g/mol. The Hall–Kier alpha value is -2.04. The van der Waals surface area contributed by atoms with Crippen molar-refractivity contribution in [2.45, 2.75) is 39.0 Å². The first-order valence-corrected chi connectivity index (χ1v) is 8.43. The fraction of sp³-hybridized carbons (Fsp3) is 0.556. The maximum absolute atomic E-state index is 12.9. The SMILES string of the molecule is CCCC(=O)Nc1ccc(N(C)C)c(C(=O)N2CCCCC2)c1. The molecule has 0 bridgehead atoms. The van der Waals surface area contributed by atoms with Crippen LogP contribution in [0.15, 0.2) is 18.2 Å². The number of anilines is 2. The average Bonchev–Trinajstić information content (AvgIpc) is 2.55. The van der Waals surface area contributed by atoms with Crippen LogP contribution in [0.5, 0.6) is 0 Å². The normalized spacial score (nSPS) is 14.5. The van der Waals surface area contributed by atoms with E-state index in [2.05, 4.69) is 5.32 Å². The molecule has 1 N–H and O–H groups in total. The van der Waals surface area contributed by atoms with Crippen LogP contribution in [0.1, 0.15) is 49.4 Å². The number of carbonyl (C=O) groups is 2. The van der Waals surface area contributed by atoms with E-state index in [4.69, 9.17) is 0 Å². The summed E-state index contributed by atoms with van der Waals surface area (Å²) >= 11 is 0. The maximum Gasteiger partial charge on any atom is 0.256 e. The van der Waals surface area contributed by atoms with Crippen LogP contribution < -0.4 is 10.2 Å². The maximum atomic E-state index is 12.9. The van der Waals surface area contributed by atoms with E-state index in [0.29, 0.717) is 17.7 Å². The van der Waals surface area contributed by atoms with Crippen molar-refractivity contribution >= 4 is 23.2 Å². The highest BCUT2D eigenvalue weighted by Gasteiger charge is 2.22. The number of carbonyl (C=O) groups excluding carboxylic acids is 2. The summed E-state index contributed by atoms with van der Waals surface area (Å²) in [4.78, 5) is 28.5. The first-order chi connectivity index (χ1) is 11.0. The average molecular weight is 317 g/mol. The zero-order chi connectivity index (χ0) is 16.8. The van der Waals surface area contributed by atoms with Gasteiger partial charge in [-0.2, -0.15) is 0 Å². The monoisotopic (exact) mass is 317 g/mol. The van der Waals surface area contributed by atoms with Crippen molar-refractivity contribution in [1.82, 2.24) is 4.90 Å². The van der Waals surface area contributed by atoms with Crippen molar-refractivity contribution in [1.29, 1.82) is 0 Å². The van der Waals surface area contributed by atoms with Crippen LogP contribution in [0.3, 0.4) is 0 Å². The molecule has 5 nitrogen and oxygen atoms in total. The Bertz CT molecular complexity index is 563. The molecule has 1 aliphatic heterocycles. The Morgan fingerprint density at radius 1 is 1.17 bits per heavy atom. The van der Waals surface area contributed by atoms with Gasteiger partial charge in [0.15, 0.2) is 0 Å². The van der Waals surface area contributed by atoms with Gasteiger partial charge < -0.3 is 15.1 Å². The minimum absolute atomic E-state index is 0.0125. The quantitative estimate of drug-likeness (QED) is 0.908. The molecule has 1 aromatic rings. The highest BCUT2D eigenvalue weighted by Crippen LogP contribution is 2.25. The predicted octanol–water partition coefficient (Wildman–Crippen LogP) is 3.12. The number of rotatable bonds is 5. The molecule has 2 rings (SSSR count). The number of hydrogen-bond donors (Lipinski definition) is 1. The summed E-state index contributed by atoms with van der Waals surface area (Å²) in [6.45, 7) is 3.61. The molecule has 0 radical (unpaired) electrons. The van der Waals surface area contributed by atoms with E-state index in [9.17, 15) is 9.59 Å². The largest absolute Gasteiger partial charge is 0.377 e. The fourth-order valence-corrected chi connectivity index (χ4v) is 2.89. The second-order valence-corrected chi connectivity index (χ2v) is 6.28. The summed E-state index contributed by atoms with van der Waals surface area (Å²) in [5.41, 5.74) is 2.23. The van der Waals surface area contributed by atoms with Crippen LogP contribution in [0.2, 0.25) is 0 Å². The zero-order valence-electron chi connectivity index (χ0n) is 14.4. The Kier molecular flexibility index (Phi) is 6.02. The number of benzene rings is 1. The van der Waals surface area contributed by atoms with Gasteiger partial charge in [-0.15, -0.1) is 0 Å². The highest BCUT2D eigenvalue weighted by atomic mass is 16.2. The molecule has 23 heavy (non-hydrogen) atoms. The first-order valence-electron chi connectivity index (χ1n) is 8.43. The number of nitrogens with one attached hydrogen (secondary N) is 1. The smallest absolute Gasteiger partial charge is 0.256 e. The second-order valence-electron chi connectivity index (χ2n) is 6.28. The van der Waals surface area contributed by atoms with Gasteiger partial charge in [0, 0.05) is 45.0 Å². The predicted molar refractivity (Wildman–Crippen MR) is 94.1 cm³/mol. The standard InChI is InChI=1S/C18H27N3O2/c1-4-8-17(22)19-14-9-10-16(20(2)3)15(13-14)18(23)21-11-6-5-7-12-21/h9-10,13H,4-8,11-12H2,1-3H3,(H,19,22). The third kappa shape index (κ3) is 4.47. The third-order valence-corrected chi connectivity index (χ3v) is 4.11. The number of nitrogens with zero attached hydrogens (tertiary/aromatic N) is 2. The zero-order valence-corrected chi connectivity index (χ0v) is 14.4. The third-order valence-electron chi connectivity index (χ3n) is 4.11. The number of amides is 2. The molecular formula is C18H27N3O2. The van der Waals surface area contributed by atoms with Crippen LogP contribution >= 0.6 is 0 Å². The molecule has 1 aromatic carbocycles. The van der Waals surface area contributed by atoms with Gasteiger partial charge in [-0.25, -0.2) is 0 Å². The molecule has 126 valence electrons. The Labute approximate surface area is 138 Å². The van der Waals surface area contributed by atoms with Crippen LogP contribution in [-0.2, 0) is 4.79 Å². The number of likely N-dealkylation sites (tertiary alicyclic amines) is 1. The van der Waals surface area contributed by atoms with Crippen LogP contribution in [-0.4, -0.2) is 43.9 Å². The molecule has 0 spiro atoms. The van der Waals surface area contributed by atoms with Gasteiger partial charge >= 0.3 is 0 Å². The number of piperidine rings is 1. The lowest BCUT2D eigenvalue weighted by Gasteiger charge is -2.28. The molecule has 1 saturated heterocycles. The van der Waals surface area contributed by atoms with Gasteiger partial charge in [-0.3, -0.25) is 9.59 Å². The van der Waals surface area contributed by atoms with E-state index in [0.717, 1.165) is 38.0 Å². The van der Waals surface area contributed by atoms with Gasteiger partial charge in [-0.1, -0.05) is 6.92 Å². The van der Waals surface area contributed by atoms with Gasteiger partial charge in [0.2, 0.25) is 5.91 Å². The minimum Gasteiger partial charge on any atom is -0.377 e. The molecule has 0 saturated carbocycles. The van der Waals surface area contributed by atoms with E-state index in [1.807, 2.05) is 43.0 Å². The summed E-state index contributed by atoms with van der Waals surface area (Å²) in [5, 5.41) is 2.88. The lowest BCUT2D eigenvalue weighted by atomic mass is 10.1. The summed E-state index contributed by atoms with van der Waals surface area (Å²) < 4.78 is 0. The lowest BCUT2D eigenvalue weighted by Crippen LogP contribution is -2.36. The molecule has 1 heterocycles. The molecule has 1 aliphatic rings. The van der Waals surface area contributed by atoms with Gasteiger partial charge in [-0.05, 0) is 43.9 Å². The Morgan fingerprint density at radius 3 is 2.48 bits per heavy atom. The van der Waals surface area contributed by atoms with Crippen LogP contribution in [0.25, 0.3) is 0 Å². The van der Waals surface area contributed by atoms with Gasteiger partial charge in [0.05, 0.1) is 5.56 Å². The van der Waals surface area contributed by atoms with E-state index in [1.54, 1.807) is 6.07 Å². The summed E-state index contributed by atoms with van der Waals surface area (Å²) in [7, 11) is 3.86. The van der Waals surface area contributed by atoms with Crippen molar-refractivity contribution < 1.29 is 9.59 Å². The van der Waals surface area contributed by atoms with Crippen LogP contribution in [0, 0.1) is 0 Å². The highest BCUT2D eigenvalue weighted by molar-refractivity contribution is 6.02. The lowest BCUT2D eigenvalue weighted by molar-refractivity contribution is -0.116. The molecule has 0 atom stereocenters. The van der Waals surface area contributed by atoms with Crippen LogP contribution in [0.4, 0.5) is 11.4 Å². The topological polar surface area (TPSA) is 52.7 Å². The molecule has 2 amide bonds. The van der Waals surface area contributed by atoms with Crippen molar-refractivity contribution in [3.63, 3.8) is 0 Å². The van der Waals surface area contributed by atoms with E-state index in [1.165, 1.54) is 6.42 Å². The van der Waals surface area contributed by atoms with Crippen molar-refractivity contribution in [3.05, 3.63) is 23.8 Å². The Balaban J connectivity index is 2.26. The molecule has 0 unspecified atom stereocenters. The van der Waals surface area contributed by atoms with Gasteiger partial charge in [0.1, 0.15) is 0 Å². The van der Waals surface area contributed by atoms with Crippen molar-refractivity contribution in [2.24, 2.45) is 0 Å². The second kappa shape index (κ2) is 7.99. The van der Waals surface area contributed by atoms with Gasteiger partial charge in [0.25, 0.3) is 5.91 Å². The van der Waals surface area contributed by atoms with E-state index >= 15 is 0 Å².